The van der Waals surface area contributed by atoms with Crippen molar-refractivity contribution in [1.29, 1.82) is 0 Å². The molecule has 0 bridgehead atoms. The van der Waals surface area contributed by atoms with E-state index in [9.17, 15) is 4.79 Å². The highest BCUT2D eigenvalue weighted by Gasteiger charge is 2.04. The lowest BCUT2D eigenvalue weighted by Crippen LogP contribution is -2.24. The summed E-state index contributed by atoms with van der Waals surface area (Å²) >= 11 is 0. The minimum Gasteiger partial charge on any atom is -0.497 e. The molecule has 0 radical (unpaired) electrons. The Morgan fingerprint density at radius 3 is 3.04 bits per heavy atom. The van der Waals surface area contributed by atoms with Crippen molar-refractivity contribution in [3.63, 3.8) is 0 Å². The van der Waals surface area contributed by atoms with Gasteiger partial charge in [-0.3, -0.25) is 9.20 Å². The maximum atomic E-state index is 11.9. The smallest absolute Gasteiger partial charge is 0.244 e. The van der Waals surface area contributed by atoms with Crippen LogP contribution in [0.25, 0.3) is 11.7 Å². The van der Waals surface area contributed by atoms with Gasteiger partial charge >= 0.3 is 0 Å². The van der Waals surface area contributed by atoms with Crippen LogP contribution in [0.5, 0.6) is 5.75 Å². The van der Waals surface area contributed by atoms with Crippen LogP contribution in [0.3, 0.4) is 0 Å². The van der Waals surface area contributed by atoms with Crippen LogP contribution in [-0.2, 0) is 11.2 Å². The summed E-state index contributed by atoms with van der Waals surface area (Å²) in [5.41, 5.74) is 1.71. The van der Waals surface area contributed by atoms with Gasteiger partial charge in [-0.2, -0.15) is 0 Å². The van der Waals surface area contributed by atoms with Crippen molar-refractivity contribution in [2.75, 3.05) is 13.7 Å². The fourth-order valence-electron chi connectivity index (χ4n) is 2.33. The van der Waals surface area contributed by atoms with E-state index in [0.717, 1.165) is 22.8 Å². The summed E-state index contributed by atoms with van der Waals surface area (Å²) in [6, 6.07) is 13.3. The molecule has 1 N–H and O–H groups in total. The second-order valence-electron chi connectivity index (χ2n) is 5.20. The van der Waals surface area contributed by atoms with Crippen molar-refractivity contribution in [2.45, 2.75) is 6.42 Å². The number of nitrogens with zero attached hydrogens (tertiary/aromatic N) is 3. The van der Waals surface area contributed by atoms with E-state index >= 15 is 0 Å². The maximum Gasteiger partial charge on any atom is 0.244 e. The zero-order valence-corrected chi connectivity index (χ0v) is 13.3. The Balaban J connectivity index is 1.53. The second-order valence-corrected chi connectivity index (χ2v) is 5.20. The Bertz CT molecular complexity index is 870. The van der Waals surface area contributed by atoms with Gasteiger partial charge in [0.15, 0.2) is 5.65 Å². The summed E-state index contributed by atoms with van der Waals surface area (Å²) in [6.07, 6.45) is 5.79. The van der Waals surface area contributed by atoms with Crippen molar-refractivity contribution in [2.24, 2.45) is 0 Å². The van der Waals surface area contributed by atoms with Crippen molar-refractivity contribution in [3.8, 4) is 5.75 Å². The number of methoxy groups -OCH3 is 1. The van der Waals surface area contributed by atoms with E-state index in [0.29, 0.717) is 13.0 Å². The van der Waals surface area contributed by atoms with E-state index < -0.39 is 0 Å². The number of nitrogens with one attached hydrogen (secondary N) is 1. The third kappa shape index (κ3) is 3.78. The predicted octanol–water partition coefficient (Wildman–Crippen LogP) is 2.11. The molecule has 3 rings (SSSR count). The Hall–Kier alpha value is -3.15. The van der Waals surface area contributed by atoms with Crippen molar-refractivity contribution < 1.29 is 9.53 Å². The molecule has 0 aliphatic carbocycles. The fraction of sp³-hybridized carbons (Fsp3) is 0.167. The highest BCUT2D eigenvalue weighted by molar-refractivity contribution is 5.91. The third-order valence-electron chi connectivity index (χ3n) is 3.55. The third-order valence-corrected chi connectivity index (χ3v) is 3.55. The Morgan fingerprint density at radius 2 is 2.17 bits per heavy atom. The van der Waals surface area contributed by atoms with Gasteiger partial charge in [0.05, 0.1) is 7.11 Å². The standard InChI is InChI=1S/C18H18N4O2/c1-24-15-6-4-5-14(13-15)8-9-18(23)19-11-10-17-21-20-16-7-2-3-12-22(16)17/h2-9,12-13H,10-11H2,1H3,(H,19,23)/b9-8+. The number of carbonyl (C=O) groups excluding carboxylic acids is 1. The molecule has 2 aromatic heterocycles. The van der Waals surface area contributed by atoms with Gasteiger partial charge in [-0.15, -0.1) is 10.2 Å². The van der Waals surface area contributed by atoms with E-state index in [1.807, 2.05) is 53.1 Å². The first-order valence-electron chi connectivity index (χ1n) is 7.65. The topological polar surface area (TPSA) is 68.5 Å². The molecule has 0 atom stereocenters. The summed E-state index contributed by atoms with van der Waals surface area (Å²) in [5.74, 6) is 1.44. The van der Waals surface area contributed by atoms with Crippen LogP contribution in [0.4, 0.5) is 0 Å². The Kier molecular flexibility index (Phi) is 4.86. The van der Waals surface area contributed by atoms with Crippen LogP contribution >= 0.6 is 0 Å². The molecule has 0 saturated heterocycles. The molecule has 6 nitrogen and oxygen atoms in total. The van der Waals surface area contributed by atoms with Crippen molar-refractivity contribution >= 4 is 17.6 Å². The SMILES string of the molecule is COc1cccc(/C=C/C(=O)NCCc2nnc3ccccn23)c1. The van der Waals surface area contributed by atoms with Gasteiger partial charge in [-0.05, 0) is 35.9 Å². The van der Waals surface area contributed by atoms with Gasteiger partial charge in [0.25, 0.3) is 0 Å². The van der Waals surface area contributed by atoms with E-state index in [4.69, 9.17) is 4.74 Å². The Labute approximate surface area is 139 Å². The molecule has 0 fully saturated rings. The molecule has 0 spiro atoms. The van der Waals surface area contributed by atoms with Gasteiger partial charge in [-0.25, -0.2) is 0 Å². The van der Waals surface area contributed by atoms with E-state index in [2.05, 4.69) is 15.5 Å². The highest BCUT2D eigenvalue weighted by atomic mass is 16.5. The molecule has 2 heterocycles. The summed E-state index contributed by atoms with van der Waals surface area (Å²) in [7, 11) is 1.61. The molecule has 1 amide bonds. The van der Waals surface area contributed by atoms with Crippen LogP contribution < -0.4 is 10.1 Å². The molecule has 0 aliphatic rings. The van der Waals surface area contributed by atoms with Crippen LogP contribution in [0.1, 0.15) is 11.4 Å². The molecule has 1 aromatic carbocycles. The number of hydrogen-bond donors (Lipinski definition) is 1. The Morgan fingerprint density at radius 1 is 1.25 bits per heavy atom. The van der Waals surface area contributed by atoms with Gasteiger partial charge < -0.3 is 10.1 Å². The quantitative estimate of drug-likeness (QED) is 0.706. The van der Waals surface area contributed by atoms with E-state index in [-0.39, 0.29) is 5.91 Å². The first-order valence-corrected chi connectivity index (χ1v) is 7.65. The summed E-state index contributed by atoms with van der Waals surface area (Å²) < 4.78 is 7.07. The second kappa shape index (κ2) is 7.41. The van der Waals surface area contributed by atoms with E-state index in [1.165, 1.54) is 6.08 Å². The lowest BCUT2D eigenvalue weighted by Gasteiger charge is -2.02. The average Bonchev–Trinajstić information content (AvgIpc) is 3.03. The molecule has 3 aromatic rings. The molecule has 24 heavy (non-hydrogen) atoms. The minimum atomic E-state index is -0.147. The summed E-state index contributed by atoms with van der Waals surface area (Å²) in [4.78, 5) is 11.9. The maximum absolute atomic E-state index is 11.9. The lowest BCUT2D eigenvalue weighted by atomic mass is 10.2. The largest absolute Gasteiger partial charge is 0.497 e. The van der Waals surface area contributed by atoms with Crippen LogP contribution in [0.2, 0.25) is 0 Å². The van der Waals surface area contributed by atoms with E-state index in [1.54, 1.807) is 13.2 Å². The van der Waals surface area contributed by atoms with Gasteiger partial charge in [0.2, 0.25) is 5.91 Å². The number of rotatable bonds is 6. The van der Waals surface area contributed by atoms with Crippen molar-refractivity contribution in [1.82, 2.24) is 19.9 Å². The number of hydrogen-bond acceptors (Lipinski definition) is 4. The molecule has 0 unspecified atom stereocenters. The van der Waals surface area contributed by atoms with Gasteiger partial charge in [0.1, 0.15) is 11.6 Å². The first-order chi connectivity index (χ1) is 11.8. The zero-order chi connectivity index (χ0) is 16.8. The van der Waals surface area contributed by atoms with Crippen LogP contribution in [0, 0.1) is 0 Å². The molecular formula is C18H18N4O2. The number of benzene rings is 1. The zero-order valence-electron chi connectivity index (χ0n) is 13.3. The number of pyridine rings is 1. The normalized spacial score (nSPS) is 11.0. The molecular weight excluding hydrogens is 304 g/mol. The van der Waals surface area contributed by atoms with Crippen LogP contribution in [0.15, 0.2) is 54.7 Å². The monoisotopic (exact) mass is 322 g/mol. The average molecular weight is 322 g/mol. The predicted molar refractivity (Wildman–Crippen MR) is 91.7 cm³/mol. The molecule has 0 aliphatic heterocycles. The summed E-state index contributed by atoms with van der Waals surface area (Å²) in [5, 5.41) is 11.1. The highest BCUT2D eigenvalue weighted by Crippen LogP contribution is 2.13. The molecule has 122 valence electrons. The lowest BCUT2D eigenvalue weighted by molar-refractivity contribution is -0.116. The number of fused-ring (bicyclic) bond motifs is 1. The number of aromatic nitrogens is 3. The van der Waals surface area contributed by atoms with Gasteiger partial charge in [0, 0.05) is 25.2 Å². The summed E-state index contributed by atoms with van der Waals surface area (Å²) in [6.45, 7) is 0.497. The van der Waals surface area contributed by atoms with Crippen LogP contribution in [-0.4, -0.2) is 34.2 Å². The molecule has 0 saturated carbocycles. The fourth-order valence-corrected chi connectivity index (χ4v) is 2.33. The molecule has 6 heteroatoms. The van der Waals surface area contributed by atoms with Gasteiger partial charge in [-0.1, -0.05) is 18.2 Å². The number of amides is 1. The first kappa shape index (κ1) is 15.7. The minimum absolute atomic E-state index is 0.147. The van der Waals surface area contributed by atoms with Crippen molar-refractivity contribution in [3.05, 3.63) is 66.1 Å². The number of ether oxygens (including phenoxy) is 1. The number of carbonyl (C=O) groups is 1.